The third-order valence-corrected chi connectivity index (χ3v) is 4.88. The first-order chi connectivity index (χ1) is 9.52. The first kappa shape index (κ1) is 15.5. The van der Waals surface area contributed by atoms with Crippen LogP contribution in [0.3, 0.4) is 0 Å². The SMILES string of the molecule is CC(c1ncc(-c2ccc(Cl)cc2Cl)o1)S(=O)CCO. The number of aromatic nitrogens is 1. The summed E-state index contributed by atoms with van der Waals surface area (Å²) in [6, 6.07) is 5.07. The van der Waals surface area contributed by atoms with Gasteiger partial charge in [-0.05, 0) is 25.1 Å². The van der Waals surface area contributed by atoms with E-state index in [2.05, 4.69) is 4.98 Å². The molecule has 7 heteroatoms. The lowest BCUT2D eigenvalue weighted by molar-refractivity contribution is 0.321. The zero-order valence-electron chi connectivity index (χ0n) is 10.7. The molecule has 0 saturated carbocycles. The molecule has 0 saturated heterocycles. The van der Waals surface area contributed by atoms with Crippen molar-refractivity contribution >= 4 is 34.0 Å². The molecule has 2 atom stereocenters. The largest absolute Gasteiger partial charge is 0.439 e. The maximum absolute atomic E-state index is 11.8. The third kappa shape index (κ3) is 3.41. The van der Waals surface area contributed by atoms with E-state index in [9.17, 15) is 4.21 Å². The predicted molar refractivity (Wildman–Crippen MR) is 80.5 cm³/mol. The number of aliphatic hydroxyl groups excluding tert-OH is 1. The van der Waals surface area contributed by atoms with Gasteiger partial charge in [0.25, 0.3) is 0 Å². The third-order valence-electron chi connectivity index (χ3n) is 2.75. The van der Waals surface area contributed by atoms with Gasteiger partial charge in [0.15, 0.2) is 5.76 Å². The minimum absolute atomic E-state index is 0.131. The van der Waals surface area contributed by atoms with E-state index in [0.29, 0.717) is 27.3 Å². The van der Waals surface area contributed by atoms with E-state index in [4.69, 9.17) is 32.7 Å². The van der Waals surface area contributed by atoms with E-state index in [1.54, 1.807) is 25.1 Å². The van der Waals surface area contributed by atoms with Crippen LogP contribution in [0.4, 0.5) is 0 Å². The van der Waals surface area contributed by atoms with Crippen LogP contribution in [0.5, 0.6) is 0 Å². The van der Waals surface area contributed by atoms with Crippen molar-refractivity contribution in [3.63, 3.8) is 0 Å². The van der Waals surface area contributed by atoms with Gasteiger partial charge in [-0.2, -0.15) is 0 Å². The molecule has 1 aromatic carbocycles. The van der Waals surface area contributed by atoms with Crippen LogP contribution in [0.1, 0.15) is 18.1 Å². The zero-order valence-corrected chi connectivity index (χ0v) is 13.0. The van der Waals surface area contributed by atoms with Gasteiger partial charge in [0.1, 0.15) is 5.25 Å². The second kappa shape index (κ2) is 6.72. The van der Waals surface area contributed by atoms with Crippen LogP contribution >= 0.6 is 23.2 Å². The number of aliphatic hydroxyl groups is 1. The van der Waals surface area contributed by atoms with Crippen molar-refractivity contribution in [3.8, 4) is 11.3 Å². The normalized spacial score (nSPS) is 14.2. The van der Waals surface area contributed by atoms with Gasteiger partial charge in [-0.15, -0.1) is 0 Å². The molecule has 108 valence electrons. The number of oxazole rings is 1. The fourth-order valence-corrected chi connectivity index (χ4v) is 3.04. The molecule has 1 N–H and O–H groups in total. The van der Waals surface area contributed by atoms with Crippen LogP contribution < -0.4 is 0 Å². The predicted octanol–water partition coefficient (Wildman–Crippen LogP) is 3.45. The van der Waals surface area contributed by atoms with E-state index in [0.717, 1.165) is 0 Å². The van der Waals surface area contributed by atoms with Crippen molar-refractivity contribution in [1.29, 1.82) is 0 Å². The number of rotatable bonds is 5. The Morgan fingerprint density at radius 3 is 2.85 bits per heavy atom. The van der Waals surface area contributed by atoms with Gasteiger partial charge >= 0.3 is 0 Å². The summed E-state index contributed by atoms with van der Waals surface area (Å²) in [6.07, 6.45) is 1.54. The molecule has 0 amide bonds. The van der Waals surface area contributed by atoms with E-state index >= 15 is 0 Å². The second-order valence-electron chi connectivity index (χ2n) is 4.14. The number of hydrogen-bond donors (Lipinski definition) is 1. The number of benzene rings is 1. The Morgan fingerprint density at radius 2 is 2.20 bits per heavy atom. The summed E-state index contributed by atoms with van der Waals surface area (Å²) < 4.78 is 17.4. The van der Waals surface area contributed by atoms with Crippen molar-refractivity contribution in [1.82, 2.24) is 4.98 Å². The highest BCUT2D eigenvalue weighted by atomic mass is 35.5. The van der Waals surface area contributed by atoms with Gasteiger partial charge in [-0.1, -0.05) is 23.2 Å². The fourth-order valence-electron chi connectivity index (χ4n) is 1.67. The molecule has 0 fully saturated rings. The van der Waals surface area contributed by atoms with Gasteiger partial charge in [-0.25, -0.2) is 4.98 Å². The summed E-state index contributed by atoms with van der Waals surface area (Å²) in [7, 11) is -1.23. The lowest BCUT2D eigenvalue weighted by atomic mass is 10.2. The molecule has 4 nitrogen and oxygen atoms in total. The molecule has 1 aromatic heterocycles. The molecule has 0 bridgehead atoms. The van der Waals surface area contributed by atoms with Crippen molar-refractivity contribution in [2.75, 3.05) is 12.4 Å². The van der Waals surface area contributed by atoms with Crippen molar-refractivity contribution < 1.29 is 13.7 Å². The summed E-state index contributed by atoms with van der Waals surface area (Å²) in [5.74, 6) is 1.05. The Hall–Kier alpha value is -0.880. The minimum atomic E-state index is -1.23. The number of hydrogen-bond acceptors (Lipinski definition) is 4. The molecule has 2 aromatic rings. The monoisotopic (exact) mass is 333 g/mol. The van der Waals surface area contributed by atoms with E-state index in [1.807, 2.05) is 0 Å². The number of halogens is 2. The summed E-state index contributed by atoms with van der Waals surface area (Å²) in [6.45, 7) is 1.61. The highest BCUT2D eigenvalue weighted by Gasteiger charge is 2.19. The molecule has 2 rings (SSSR count). The van der Waals surface area contributed by atoms with Gasteiger partial charge in [0.05, 0.1) is 17.8 Å². The fraction of sp³-hybridized carbons (Fsp3) is 0.308. The molecule has 20 heavy (non-hydrogen) atoms. The summed E-state index contributed by atoms with van der Waals surface area (Å²) in [5, 5.41) is 9.42. The lowest BCUT2D eigenvalue weighted by Crippen LogP contribution is -2.09. The van der Waals surface area contributed by atoms with Crippen LogP contribution in [0.15, 0.2) is 28.8 Å². The molecule has 0 spiro atoms. The highest BCUT2D eigenvalue weighted by molar-refractivity contribution is 7.85. The average molecular weight is 334 g/mol. The van der Waals surface area contributed by atoms with Gasteiger partial charge in [0, 0.05) is 27.1 Å². The quantitative estimate of drug-likeness (QED) is 0.910. The molecule has 0 aliphatic heterocycles. The van der Waals surface area contributed by atoms with Crippen LogP contribution in [0.2, 0.25) is 10.0 Å². The van der Waals surface area contributed by atoms with Gasteiger partial charge in [0.2, 0.25) is 5.89 Å². The first-order valence-electron chi connectivity index (χ1n) is 5.92. The molecule has 2 unspecified atom stereocenters. The average Bonchev–Trinajstić information content (AvgIpc) is 2.87. The standard InChI is InChI=1S/C13H13Cl2NO3S/c1-8(20(18)5-4-17)13-16-7-12(19-13)10-3-2-9(14)6-11(10)15/h2-3,6-8,17H,4-5H2,1H3. The summed E-state index contributed by atoms with van der Waals surface area (Å²) >= 11 is 11.9. The van der Waals surface area contributed by atoms with E-state index in [1.165, 1.54) is 6.20 Å². The number of nitrogens with zero attached hydrogens (tertiary/aromatic N) is 1. The second-order valence-corrected chi connectivity index (χ2v) is 6.86. The van der Waals surface area contributed by atoms with Crippen molar-refractivity contribution in [2.45, 2.75) is 12.2 Å². The van der Waals surface area contributed by atoms with Crippen molar-refractivity contribution in [3.05, 3.63) is 40.3 Å². The van der Waals surface area contributed by atoms with Gasteiger partial charge < -0.3 is 9.52 Å². The van der Waals surface area contributed by atoms with Crippen LogP contribution in [-0.2, 0) is 10.8 Å². The Labute approximate surface area is 129 Å². The smallest absolute Gasteiger partial charge is 0.210 e. The van der Waals surface area contributed by atoms with Gasteiger partial charge in [-0.3, -0.25) is 4.21 Å². The molecule has 1 heterocycles. The van der Waals surface area contributed by atoms with Crippen LogP contribution in [0, 0.1) is 0 Å². The minimum Gasteiger partial charge on any atom is -0.439 e. The zero-order chi connectivity index (χ0) is 14.7. The Kier molecular flexibility index (Phi) is 5.21. The highest BCUT2D eigenvalue weighted by Crippen LogP contribution is 2.32. The Balaban J connectivity index is 2.26. The summed E-state index contributed by atoms with van der Waals surface area (Å²) in [5.41, 5.74) is 0.676. The molecule has 0 radical (unpaired) electrons. The molecule has 0 aliphatic carbocycles. The Bertz CT molecular complexity index is 630. The maximum Gasteiger partial charge on any atom is 0.210 e. The van der Waals surface area contributed by atoms with E-state index < -0.39 is 10.8 Å². The lowest BCUT2D eigenvalue weighted by Gasteiger charge is -2.06. The topological polar surface area (TPSA) is 63.3 Å². The van der Waals surface area contributed by atoms with Crippen LogP contribution in [-0.4, -0.2) is 26.7 Å². The van der Waals surface area contributed by atoms with E-state index in [-0.39, 0.29) is 17.6 Å². The maximum atomic E-state index is 11.8. The first-order valence-corrected chi connectivity index (χ1v) is 8.06. The van der Waals surface area contributed by atoms with Crippen molar-refractivity contribution in [2.24, 2.45) is 0 Å². The molecule has 0 aliphatic rings. The molecular weight excluding hydrogens is 321 g/mol. The Morgan fingerprint density at radius 1 is 1.45 bits per heavy atom. The van der Waals surface area contributed by atoms with Crippen LogP contribution in [0.25, 0.3) is 11.3 Å². The molecular formula is C13H13Cl2NO3S. The summed E-state index contributed by atoms with van der Waals surface area (Å²) in [4.78, 5) is 4.13.